The Morgan fingerprint density at radius 1 is 1.20 bits per heavy atom. The first-order chi connectivity index (χ1) is 14.8. The monoisotopic (exact) mass is 418 g/mol. The Hall–Kier alpha value is -3.03. The third-order valence-electron chi connectivity index (χ3n) is 4.77. The third kappa shape index (κ3) is 8.55. The van der Waals surface area contributed by atoms with Crippen LogP contribution in [0, 0.1) is 0 Å². The van der Waals surface area contributed by atoms with Crippen molar-refractivity contribution in [3.05, 3.63) is 42.0 Å². The van der Waals surface area contributed by atoms with Crippen molar-refractivity contribution in [3.8, 4) is 0 Å². The largest absolute Gasteiger partial charge is 0.445 e. The van der Waals surface area contributed by atoms with Gasteiger partial charge in [-0.15, -0.1) is 0 Å². The average molecular weight is 419 g/mol. The minimum Gasteiger partial charge on any atom is -0.445 e. The topological polar surface area (TPSA) is 88.2 Å². The summed E-state index contributed by atoms with van der Waals surface area (Å²) in [7, 11) is 3.06. The summed E-state index contributed by atoms with van der Waals surface area (Å²) in [6.45, 7) is 0.593. The van der Waals surface area contributed by atoms with Crippen LogP contribution in [0.2, 0.25) is 0 Å². The lowest BCUT2D eigenvalue weighted by Crippen LogP contribution is -2.34. The Kier molecular flexibility index (Phi) is 9.04. The molecule has 1 aliphatic rings. The number of hydrogen-bond acceptors (Lipinski definition) is 5. The number of likely N-dealkylation sites (N-methyl/N-ethyl adjacent to an activating group) is 2. The minimum atomic E-state index is -0.805. The van der Waals surface area contributed by atoms with E-state index in [4.69, 9.17) is 10.8 Å². The number of benzene rings is 1. The van der Waals surface area contributed by atoms with Gasteiger partial charge in [-0.05, 0) is 49.5 Å². The highest BCUT2D eigenvalue weighted by Crippen LogP contribution is 2.16. The highest BCUT2D eigenvalue weighted by Gasteiger charge is 2.13. The Bertz CT molecular complexity index is 769. The molecule has 0 saturated heterocycles. The maximum Gasteiger partial charge on any atom is 0.412 e. The number of anilines is 1. The van der Waals surface area contributed by atoms with Gasteiger partial charge in [-0.25, -0.2) is 9.59 Å². The van der Waals surface area contributed by atoms with E-state index in [-0.39, 0.29) is 25.8 Å². The molecule has 0 bridgehead atoms. The standard InChI is InChI=1S/C22H31N3O5/c1-24(17-26)14-15-25(2)22(28)29-16-18-10-12-19(13-11-18)23-21(27)30-20-8-6-4-3-5-7-9-20/h6,8,10-13,17,20H,3-5,7,9,14-16H2,1-2H3,(H,23,27)/b8-6+/i17D. The Morgan fingerprint density at radius 3 is 2.70 bits per heavy atom. The molecule has 0 fully saturated rings. The van der Waals surface area contributed by atoms with Crippen molar-refractivity contribution in [1.29, 1.82) is 0 Å². The molecular formula is C22H31N3O5. The van der Waals surface area contributed by atoms with Crippen molar-refractivity contribution in [2.45, 2.75) is 44.8 Å². The molecular weight excluding hydrogens is 386 g/mol. The van der Waals surface area contributed by atoms with Crippen LogP contribution >= 0.6 is 0 Å². The number of amides is 3. The summed E-state index contributed by atoms with van der Waals surface area (Å²) in [6.07, 6.45) is 7.22. The molecule has 1 aromatic carbocycles. The van der Waals surface area contributed by atoms with Crippen molar-refractivity contribution >= 4 is 24.3 Å². The number of carbonyl (C=O) groups excluding carboxylic acids is 3. The zero-order valence-electron chi connectivity index (χ0n) is 18.6. The normalized spacial score (nSPS) is 17.5. The molecule has 1 aromatic rings. The van der Waals surface area contributed by atoms with Crippen LogP contribution in [-0.2, 0) is 20.9 Å². The van der Waals surface area contributed by atoms with E-state index in [1.54, 1.807) is 31.3 Å². The summed E-state index contributed by atoms with van der Waals surface area (Å²) in [5.74, 6) is 0. The molecule has 1 atom stereocenters. The van der Waals surface area contributed by atoms with E-state index in [1.165, 1.54) is 23.3 Å². The van der Waals surface area contributed by atoms with Gasteiger partial charge in [0, 0.05) is 32.9 Å². The average Bonchev–Trinajstić information content (AvgIpc) is 2.72. The second-order valence-electron chi connectivity index (χ2n) is 7.32. The molecule has 0 radical (unpaired) electrons. The van der Waals surface area contributed by atoms with E-state index in [9.17, 15) is 14.4 Å². The lowest BCUT2D eigenvalue weighted by molar-refractivity contribution is -0.117. The molecule has 8 nitrogen and oxygen atoms in total. The zero-order chi connectivity index (χ0) is 22.6. The van der Waals surface area contributed by atoms with Gasteiger partial charge in [0.05, 0.1) is 0 Å². The molecule has 0 aromatic heterocycles. The lowest BCUT2D eigenvalue weighted by Gasteiger charge is -2.19. The summed E-state index contributed by atoms with van der Waals surface area (Å²) in [4.78, 5) is 37.6. The fourth-order valence-corrected chi connectivity index (χ4v) is 2.89. The van der Waals surface area contributed by atoms with Crippen LogP contribution in [-0.4, -0.2) is 61.7 Å². The highest BCUT2D eigenvalue weighted by molar-refractivity contribution is 5.84. The van der Waals surface area contributed by atoms with E-state index in [0.717, 1.165) is 31.2 Å². The number of ether oxygens (including phenoxy) is 2. The van der Waals surface area contributed by atoms with E-state index in [1.807, 2.05) is 6.08 Å². The zero-order valence-corrected chi connectivity index (χ0v) is 17.6. The van der Waals surface area contributed by atoms with Crippen molar-refractivity contribution in [3.63, 3.8) is 0 Å². The van der Waals surface area contributed by atoms with Gasteiger partial charge in [-0.3, -0.25) is 10.1 Å². The van der Waals surface area contributed by atoms with Crippen LogP contribution < -0.4 is 5.32 Å². The van der Waals surface area contributed by atoms with Gasteiger partial charge in [0.25, 0.3) is 0 Å². The number of rotatable bonds is 7. The van der Waals surface area contributed by atoms with Crippen LogP contribution in [0.25, 0.3) is 0 Å². The summed E-state index contributed by atoms with van der Waals surface area (Å²) in [6, 6.07) is 6.95. The van der Waals surface area contributed by atoms with Gasteiger partial charge in [-0.1, -0.05) is 24.6 Å². The van der Waals surface area contributed by atoms with E-state index in [0.29, 0.717) is 5.69 Å². The molecule has 1 aliphatic carbocycles. The van der Waals surface area contributed by atoms with Crippen LogP contribution in [0.3, 0.4) is 0 Å². The van der Waals surface area contributed by atoms with Crippen LogP contribution in [0.1, 0.15) is 39.0 Å². The van der Waals surface area contributed by atoms with Gasteiger partial charge in [0.15, 0.2) is 0 Å². The van der Waals surface area contributed by atoms with Gasteiger partial charge in [-0.2, -0.15) is 0 Å². The molecule has 1 unspecified atom stereocenters. The van der Waals surface area contributed by atoms with Crippen molar-refractivity contribution in [2.75, 3.05) is 32.5 Å². The van der Waals surface area contributed by atoms with Crippen molar-refractivity contribution in [1.82, 2.24) is 9.80 Å². The Balaban J connectivity index is 1.74. The molecule has 30 heavy (non-hydrogen) atoms. The Morgan fingerprint density at radius 2 is 1.97 bits per heavy atom. The highest BCUT2D eigenvalue weighted by atomic mass is 16.6. The fourth-order valence-electron chi connectivity index (χ4n) is 2.89. The maximum absolute atomic E-state index is 12.1. The molecule has 8 heteroatoms. The van der Waals surface area contributed by atoms with E-state index < -0.39 is 18.6 Å². The van der Waals surface area contributed by atoms with E-state index >= 15 is 0 Å². The first-order valence-corrected chi connectivity index (χ1v) is 10.2. The predicted octanol–water partition coefficient (Wildman–Crippen LogP) is 3.78. The molecule has 3 amide bonds. The van der Waals surface area contributed by atoms with Crippen molar-refractivity contribution < 1.29 is 25.2 Å². The molecule has 164 valence electrons. The molecule has 0 saturated carbocycles. The summed E-state index contributed by atoms with van der Waals surface area (Å²) in [5, 5.41) is 2.71. The Labute approximate surface area is 179 Å². The number of nitrogens with zero attached hydrogens (tertiary/aromatic N) is 2. The van der Waals surface area contributed by atoms with Crippen LogP contribution in [0.15, 0.2) is 36.4 Å². The second-order valence-corrected chi connectivity index (χ2v) is 7.32. The third-order valence-corrected chi connectivity index (χ3v) is 4.77. The molecule has 0 spiro atoms. The molecule has 0 aliphatic heterocycles. The van der Waals surface area contributed by atoms with Crippen LogP contribution in [0.4, 0.5) is 15.3 Å². The number of nitrogens with one attached hydrogen (secondary N) is 1. The maximum atomic E-state index is 12.1. The smallest absolute Gasteiger partial charge is 0.412 e. The van der Waals surface area contributed by atoms with E-state index in [2.05, 4.69) is 11.4 Å². The van der Waals surface area contributed by atoms with Gasteiger partial charge in [0.2, 0.25) is 6.39 Å². The van der Waals surface area contributed by atoms with Gasteiger partial charge in [0.1, 0.15) is 14.1 Å². The van der Waals surface area contributed by atoms with Crippen LogP contribution in [0.5, 0.6) is 0 Å². The summed E-state index contributed by atoms with van der Waals surface area (Å²) < 4.78 is 17.7. The molecule has 2 rings (SSSR count). The lowest BCUT2D eigenvalue weighted by atomic mass is 10.0. The van der Waals surface area contributed by atoms with Gasteiger partial charge < -0.3 is 19.3 Å². The minimum absolute atomic E-state index is 0.0774. The van der Waals surface area contributed by atoms with Gasteiger partial charge >= 0.3 is 12.2 Å². The number of hydrogen-bond donors (Lipinski definition) is 1. The SMILES string of the molecule is [2H]C(=O)N(C)CCN(C)C(=O)OCc1ccc(NC(=O)OC2/C=C/CCCCC2)cc1. The van der Waals surface area contributed by atoms with Crippen molar-refractivity contribution in [2.24, 2.45) is 0 Å². The summed E-state index contributed by atoms with van der Waals surface area (Å²) in [5.41, 5.74) is 1.36. The summed E-state index contributed by atoms with van der Waals surface area (Å²) >= 11 is 0. The number of allylic oxidation sites excluding steroid dienone is 1. The first-order valence-electron chi connectivity index (χ1n) is 10.7. The predicted molar refractivity (Wildman–Crippen MR) is 114 cm³/mol. The molecule has 0 heterocycles. The fraction of sp³-hybridized carbons (Fsp3) is 0.500. The second kappa shape index (κ2) is 12.5. The molecule has 1 N–H and O–H groups in total. The number of carbonyl (C=O) groups is 3. The quantitative estimate of drug-likeness (QED) is 0.538. The first kappa shape index (κ1) is 21.7.